The summed E-state index contributed by atoms with van der Waals surface area (Å²) in [4.78, 5) is 13.5. The Kier molecular flexibility index (Phi) is 7.19. The molecule has 0 aliphatic carbocycles. The highest BCUT2D eigenvalue weighted by molar-refractivity contribution is 8.00. The highest BCUT2D eigenvalue weighted by atomic mass is 32.2. The van der Waals surface area contributed by atoms with Gasteiger partial charge in [-0.15, -0.1) is 11.8 Å². The van der Waals surface area contributed by atoms with Crippen LogP contribution in [0.15, 0.2) is 53.4 Å². The molecule has 25 heavy (non-hydrogen) atoms. The number of hydrogen-bond acceptors (Lipinski definition) is 4. The first-order valence-corrected chi connectivity index (χ1v) is 9.25. The number of ether oxygens (including phenoxy) is 2. The van der Waals surface area contributed by atoms with Crippen molar-refractivity contribution in [2.45, 2.75) is 37.0 Å². The number of hydrogen-bond donors (Lipinski definition) is 1. The maximum atomic E-state index is 12.4. The molecule has 0 aliphatic rings. The number of thioether (sulfide) groups is 1. The summed E-state index contributed by atoms with van der Waals surface area (Å²) in [6.45, 7) is 6.50. The van der Waals surface area contributed by atoms with Gasteiger partial charge in [-0.3, -0.25) is 4.79 Å². The molecule has 0 fully saturated rings. The molecule has 0 unspecified atom stereocenters. The second kappa shape index (κ2) is 9.37. The number of benzene rings is 2. The zero-order chi connectivity index (χ0) is 18.2. The molecule has 2 rings (SSSR count). The molecule has 5 heteroatoms. The lowest BCUT2D eigenvalue weighted by molar-refractivity contribution is -0.120. The van der Waals surface area contributed by atoms with E-state index < -0.39 is 0 Å². The standard InChI is InChI=1S/C20H25NO3S/c1-5-24-18-8-6-16(7-9-18)14(2)21-20(22)15(3)25-19-12-10-17(23-4)11-13-19/h6-15H,5H2,1-4H3,(H,21,22)/t14-,15-/m0/s1. The van der Waals surface area contributed by atoms with E-state index in [1.165, 1.54) is 11.8 Å². The van der Waals surface area contributed by atoms with E-state index in [4.69, 9.17) is 9.47 Å². The van der Waals surface area contributed by atoms with Crippen molar-refractivity contribution in [1.29, 1.82) is 0 Å². The van der Waals surface area contributed by atoms with E-state index in [9.17, 15) is 4.79 Å². The third-order valence-corrected chi connectivity index (χ3v) is 4.90. The molecule has 1 amide bonds. The van der Waals surface area contributed by atoms with Gasteiger partial charge in [-0.25, -0.2) is 0 Å². The van der Waals surface area contributed by atoms with Crippen molar-refractivity contribution in [3.05, 3.63) is 54.1 Å². The van der Waals surface area contributed by atoms with Crippen LogP contribution in [0.1, 0.15) is 32.4 Å². The summed E-state index contributed by atoms with van der Waals surface area (Å²) >= 11 is 1.53. The monoisotopic (exact) mass is 359 g/mol. The fourth-order valence-corrected chi connectivity index (χ4v) is 3.22. The molecule has 134 valence electrons. The maximum Gasteiger partial charge on any atom is 0.233 e. The molecular weight excluding hydrogens is 334 g/mol. The molecule has 0 aromatic heterocycles. The number of rotatable bonds is 8. The van der Waals surface area contributed by atoms with Crippen LogP contribution in [0, 0.1) is 0 Å². The molecule has 0 saturated carbocycles. The van der Waals surface area contributed by atoms with Crippen LogP contribution in [0.25, 0.3) is 0 Å². The van der Waals surface area contributed by atoms with Crippen molar-refractivity contribution in [3.63, 3.8) is 0 Å². The molecule has 2 aromatic carbocycles. The van der Waals surface area contributed by atoms with Gasteiger partial charge in [0.2, 0.25) is 5.91 Å². The molecule has 0 aliphatic heterocycles. The summed E-state index contributed by atoms with van der Waals surface area (Å²) < 4.78 is 10.6. The minimum atomic E-state index is -0.182. The highest BCUT2D eigenvalue weighted by Gasteiger charge is 2.17. The molecule has 0 bridgehead atoms. The first kappa shape index (κ1) is 19.2. The summed E-state index contributed by atoms with van der Waals surface area (Å²) in [5.74, 6) is 1.67. The Bertz CT molecular complexity index is 670. The minimum Gasteiger partial charge on any atom is -0.497 e. The zero-order valence-corrected chi connectivity index (χ0v) is 15.9. The SMILES string of the molecule is CCOc1ccc([C@H](C)NC(=O)[C@H](C)Sc2ccc(OC)cc2)cc1. The third-order valence-electron chi connectivity index (χ3n) is 3.79. The molecule has 0 saturated heterocycles. The van der Waals surface area contributed by atoms with Gasteiger partial charge in [0.1, 0.15) is 11.5 Å². The molecule has 0 spiro atoms. The van der Waals surface area contributed by atoms with Crippen LogP contribution in [-0.4, -0.2) is 24.9 Å². The Morgan fingerprint density at radius 2 is 1.64 bits per heavy atom. The van der Waals surface area contributed by atoms with Crippen molar-refractivity contribution in [1.82, 2.24) is 5.32 Å². The van der Waals surface area contributed by atoms with Gasteiger partial charge in [0, 0.05) is 4.90 Å². The van der Waals surface area contributed by atoms with Gasteiger partial charge < -0.3 is 14.8 Å². The van der Waals surface area contributed by atoms with E-state index in [0.29, 0.717) is 6.61 Å². The van der Waals surface area contributed by atoms with Gasteiger partial charge in [0.15, 0.2) is 0 Å². The van der Waals surface area contributed by atoms with Crippen LogP contribution < -0.4 is 14.8 Å². The van der Waals surface area contributed by atoms with Crippen LogP contribution in [0.2, 0.25) is 0 Å². The summed E-state index contributed by atoms with van der Waals surface area (Å²) in [6, 6.07) is 15.5. The van der Waals surface area contributed by atoms with Crippen molar-refractivity contribution in [2.75, 3.05) is 13.7 Å². The van der Waals surface area contributed by atoms with Crippen LogP contribution in [0.3, 0.4) is 0 Å². The fraction of sp³-hybridized carbons (Fsp3) is 0.350. The molecular formula is C20H25NO3S. The van der Waals surface area contributed by atoms with Crippen molar-refractivity contribution in [3.8, 4) is 11.5 Å². The molecule has 2 aromatic rings. The second-order valence-electron chi connectivity index (χ2n) is 5.67. The summed E-state index contributed by atoms with van der Waals surface area (Å²) in [6.07, 6.45) is 0. The van der Waals surface area contributed by atoms with E-state index in [0.717, 1.165) is 22.0 Å². The zero-order valence-electron chi connectivity index (χ0n) is 15.1. The molecule has 2 atom stereocenters. The van der Waals surface area contributed by atoms with Gasteiger partial charge in [-0.05, 0) is 62.7 Å². The average molecular weight is 359 g/mol. The summed E-state index contributed by atoms with van der Waals surface area (Å²) in [5, 5.41) is 2.88. The van der Waals surface area contributed by atoms with E-state index in [1.807, 2.05) is 69.3 Å². The summed E-state index contributed by atoms with van der Waals surface area (Å²) in [5.41, 5.74) is 1.05. The van der Waals surface area contributed by atoms with E-state index in [-0.39, 0.29) is 17.2 Å². The van der Waals surface area contributed by atoms with Gasteiger partial charge in [0.05, 0.1) is 25.0 Å². The van der Waals surface area contributed by atoms with Crippen molar-refractivity contribution in [2.24, 2.45) is 0 Å². The van der Waals surface area contributed by atoms with Crippen molar-refractivity contribution >= 4 is 17.7 Å². The Hall–Kier alpha value is -2.14. The quantitative estimate of drug-likeness (QED) is 0.707. The van der Waals surface area contributed by atoms with E-state index in [2.05, 4.69) is 5.32 Å². The smallest absolute Gasteiger partial charge is 0.233 e. The predicted octanol–water partition coefficient (Wildman–Crippen LogP) is 4.45. The van der Waals surface area contributed by atoms with Crippen LogP contribution in [-0.2, 0) is 4.79 Å². The molecule has 1 N–H and O–H groups in total. The Morgan fingerprint density at radius 3 is 2.20 bits per heavy atom. The van der Waals surface area contributed by atoms with E-state index >= 15 is 0 Å². The normalized spacial score (nSPS) is 13.0. The maximum absolute atomic E-state index is 12.4. The minimum absolute atomic E-state index is 0.0159. The lowest BCUT2D eigenvalue weighted by atomic mass is 10.1. The Labute approximate surface area is 153 Å². The topological polar surface area (TPSA) is 47.6 Å². The fourth-order valence-electron chi connectivity index (χ4n) is 2.35. The predicted molar refractivity (Wildman–Crippen MR) is 102 cm³/mol. The second-order valence-corrected chi connectivity index (χ2v) is 7.08. The Morgan fingerprint density at radius 1 is 1.04 bits per heavy atom. The average Bonchev–Trinajstić information content (AvgIpc) is 2.63. The first-order valence-electron chi connectivity index (χ1n) is 8.37. The lowest BCUT2D eigenvalue weighted by Gasteiger charge is -2.18. The highest BCUT2D eigenvalue weighted by Crippen LogP contribution is 2.26. The van der Waals surface area contributed by atoms with Gasteiger partial charge in [-0.2, -0.15) is 0 Å². The van der Waals surface area contributed by atoms with Crippen molar-refractivity contribution < 1.29 is 14.3 Å². The molecule has 4 nitrogen and oxygen atoms in total. The number of carbonyl (C=O) groups is 1. The number of amides is 1. The number of nitrogens with one attached hydrogen (secondary N) is 1. The number of carbonyl (C=O) groups excluding carboxylic acids is 1. The molecule has 0 heterocycles. The molecule has 0 radical (unpaired) electrons. The Balaban J connectivity index is 1.90. The number of methoxy groups -OCH3 is 1. The largest absolute Gasteiger partial charge is 0.497 e. The first-order chi connectivity index (χ1) is 12.0. The van der Waals surface area contributed by atoms with Crippen LogP contribution in [0.5, 0.6) is 11.5 Å². The van der Waals surface area contributed by atoms with Crippen LogP contribution in [0.4, 0.5) is 0 Å². The lowest BCUT2D eigenvalue weighted by Crippen LogP contribution is -2.33. The van der Waals surface area contributed by atoms with Gasteiger partial charge in [-0.1, -0.05) is 12.1 Å². The van der Waals surface area contributed by atoms with Gasteiger partial charge in [0.25, 0.3) is 0 Å². The summed E-state index contributed by atoms with van der Waals surface area (Å²) in [7, 11) is 1.64. The third kappa shape index (κ3) is 5.71. The van der Waals surface area contributed by atoms with Gasteiger partial charge >= 0.3 is 0 Å². The van der Waals surface area contributed by atoms with E-state index in [1.54, 1.807) is 7.11 Å². The van der Waals surface area contributed by atoms with Crippen LogP contribution >= 0.6 is 11.8 Å².